The molecule has 0 aliphatic rings. The summed E-state index contributed by atoms with van der Waals surface area (Å²) in [6.07, 6.45) is 4.60. The van der Waals surface area contributed by atoms with Gasteiger partial charge in [-0.15, -0.1) is 0 Å². The van der Waals surface area contributed by atoms with Crippen LogP contribution < -0.4 is 5.32 Å². The van der Waals surface area contributed by atoms with Crippen LogP contribution in [0.4, 0.5) is 0 Å². The van der Waals surface area contributed by atoms with Crippen LogP contribution in [0.15, 0.2) is 36.7 Å². The summed E-state index contributed by atoms with van der Waals surface area (Å²) in [7, 11) is 0. The zero-order valence-corrected chi connectivity index (χ0v) is 10.6. The predicted octanol–water partition coefficient (Wildman–Crippen LogP) is 3.03. The number of hydrogen-bond donors (Lipinski definition) is 1. The third kappa shape index (κ3) is 3.08. The minimum absolute atomic E-state index is 0.654. The van der Waals surface area contributed by atoms with E-state index in [4.69, 9.17) is 11.6 Å². The lowest BCUT2D eigenvalue weighted by atomic mass is 10.2. The summed E-state index contributed by atoms with van der Waals surface area (Å²) in [5, 5.41) is 8.28. The van der Waals surface area contributed by atoms with Crippen molar-refractivity contribution in [1.29, 1.82) is 0 Å². The fourth-order valence-electron chi connectivity index (χ4n) is 1.72. The van der Waals surface area contributed by atoms with Gasteiger partial charge in [0.1, 0.15) is 0 Å². The van der Waals surface area contributed by atoms with Crippen LogP contribution >= 0.6 is 11.6 Å². The molecule has 2 rings (SSSR count). The molecule has 0 saturated carbocycles. The lowest BCUT2D eigenvalue weighted by molar-refractivity contribution is 0.670. The van der Waals surface area contributed by atoms with Crippen molar-refractivity contribution in [3.8, 4) is 5.69 Å². The van der Waals surface area contributed by atoms with Gasteiger partial charge in [-0.3, -0.25) is 0 Å². The maximum absolute atomic E-state index is 5.89. The largest absolute Gasteiger partial charge is 0.313 e. The van der Waals surface area contributed by atoms with Crippen molar-refractivity contribution in [3.63, 3.8) is 0 Å². The summed E-state index contributed by atoms with van der Waals surface area (Å²) in [6.45, 7) is 4.03. The monoisotopic (exact) mass is 249 g/mol. The van der Waals surface area contributed by atoms with Crippen molar-refractivity contribution in [3.05, 3.63) is 47.2 Å². The summed E-state index contributed by atoms with van der Waals surface area (Å²) < 4.78 is 1.81. The second-order valence-electron chi connectivity index (χ2n) is 3.91. The van der Waals surface area contributed by atoms with Crippen LogP contribution in [-0.4, -0.2) is 16.3 Å². The Morgan fingerprint density at radius 2 is 2.18 bits per heavy atom. The third-order valence-electron chi connectivity index (χ3n) is 2.53. The van der Waals surface area contributed by atoms with Crippen LogP contribution in [0.2, 0.25) is 5.02 Å². The van der Waals surface area contributed by atoms with Crippen LogP contribution in [0.1, 0.15) is 18.9 Å². The number of benzene rings is 1. The summed E-state index contributed by atoms with van der Waals surface area (Å²) in [6, 6.07) is 8.20. The molecule has 0 radical (unpaired) electrons. The molecule has 0 spiro atoms. The summed E-state index contributed by atoms with van der Waals surface area (Å²) in [5.41, 5.74) is 2.30. The fraction of sp³-hybridized carbons (Fsp3) is 0.308. The van der Waals surface area contributed by atoms with Gasteiger partial charge < -0.3 is 5.32 Å². The third-order valence-corrected chi connectivity index (χ3v) is 2.73. The highest BCUT2D eigenvalue weighted by Gasteiger charge is 2.04. The van der Waals surface area contributed by atoms with Gasteiger partial charge in [-0.25, -0.2) is 4.68 Å². The minimum atomic E-state index is 0.654. The smallest absolute Gasteiger partial charge is 0.0790 e. The molecular formula is C13H16ClN3. The molecule has 0 unspecified atom stereocenters. The maximum atomic E-state index is 5.89. The first-order valence-corrected chi connectivity index (χ1v) is 6.18. The van der Waals surface area contributed by atoms with E-state index >= 15 is 0 Å². The Labute approximate surface area is 106 Å². The zero-order chi connectivity index (χ0) is 12.1. The van der Waals surface area contributed by atoms with Crippen molar-refractivity contribution in [2.45, 2.75) is 19.9 Å². The van der Waals surface area contributed by atoms with Gasteiger partial charge in [0, 0.05) is 12.7 Å². The zero-order valence-electron chi connectivity index (χ0n) is 9.86. The van der Waals surface area contributed by atoms with Gasteiger partial charge in [-0.2, -0.15) is 5.10 Å². The SMILES string of the molecule is CCCNCc1ccccc1-n1cc(Cl)cn1. The van der Waals surface area contributed by atoms with Gasteiger partial charge in [0.15, 0.2) is 0 Å². The molecule has 1 aromatic heterocycles. The highest BCUT2D eigenvalue weighted by atomic mass is 35.5. The molecule has 0 amide bonds. The van der Waals surface area contributed by atoms with E-state index in [-0.39, 0.29) is 0 Å². The number of halogens is 1. The molecule has 90 valence electrons. The van der Waals surface area contributed by atoms with Crippen LogP contribution in [-0.2, 0) is 6.54 Å². The van der Waals surface area contributed by atoms with Gasteiger partial charge in [-0.05, 0) is 24.6 Å². The topological polar surface area (TPSA) is 29.9 Å². The number of aromatic nitrogens is 2. The van der Waals surface area contributed by atoms with Crippen molar-refractivity contribution >= 4 is 11.6 Å². The van der Waals surface area contributed by atoms with E-state index in [1.807, 2.05) is 29.1 Å². The van der Waals surface area contributed by atoms with E-state index in [9.17, 15) is 0 Å². The number of hydrogen-bond acceptors (Lipinski definition) is 2. The second kappa shape index (κ2) is 5.84. The summed E-state index contributed by atoms with van der Waals surface area (Å²) >= 11 is 5.89. The average Bonchev–Trinajstić information content (AvgIpc) is 2.77. The van der Waals surface area contributed by atoms with E-state index in [0.29, 0.717) is 5.02 Å². The average molecular weight is 250 g/mol. The lowest BCUT2D eigenvalue weighted by Crippen LogP contribution is -2.15. The summed E-state index contributed by atoms with van der Waals surface area (Å²) in [5.74, 6) is 0. The molecule has 17 heavy (non-hydrogen) atoms. The highest BCUT2D eigenvalue weighted by molar-refractivity contribution is 6.30. The van der Waals surface area contributed by atoms with Crippen LogP contribution in [0.25, 0.3) is 5.69 Å². The molecule has 0 saturated heterocycles. The number of nitrogens with one attached hydrogen (secondary N) is 1. The van der Waals surface area contributed by atoms with Crippen LogP contribution in [0.5, 0.6) is 0 Å². The second-order valence-corrected chi connectivity index (χ2v) is 4.35. The first-order chi connectivity index (χ1) is 8.31. The molecule has 0 fully saturated rings. The van der Waals surface area contributed by atoms with E-state index in [1.165, 1.54) is 5.56 Å². The normalized spacial score (nSPS) is 10.7. The molecule has 1 N–H and O–H groups in total. The Morgan fingerprint density at radius 3 is 2.88 bits per heavy atom. The Balaban J connectivity index is 2.21. The molecule has 2 aromatic rings. The molecule has 4 heteroatoms. The van der Waals surface area contributed by atoms with Gasteiger partial charge in [0.05, 0.1) is 16.9 Å². The van der Waals surface area contributed by atoms with Gasteiger partial charge in [-0.1, -0.05) is 36.7 Å². The molecule has 3 nitrogen and oxygen atoms in total. The van der Waals surface area contributed by atoms with Gasteiger partial charge in [0.25, 0.3) is 0 Å². The van der Waals surface area contributed by atoms with Gasteiger partial charge in [0.2, 0.25) is 0 Å². The maximum Gasteiger partial charge on any atom is 0.0790 e. The van der Waals surface area contributed by atoms with E-state index in [2.05, 4.69) is 23.4 Å². The predicted molar refractivity (Wildman–Crippen MR) is 70.6 cm³/mol. The first kappa shape index (κ1) is 12.1. The van der Waals surface area contributed by atoms with Crippen molar-refractivity contribution in [1.82, 2.24) is 15.1 Å². The highest BCUT2D eigenvalue weighted by Crippen LogP contribution is 2.16. The van der Waals surface area contributed by atoms with Crippen molar-refractivity contribution < 1.29 is 0 Å². The number of rotatable bonds is 5. The van der Waals surface area contributed by atoms with E-state index in [1.54, 1.807) is 6.20 Å². The summed E-state index contributed by atoms with van der Waals surface area (Å²) in [4.78, 5) is 0. The molecular weight excluding hydrogens is 234 g/mol. The molecule has 0 bridgehead atoms. The van der Waals surface area contributed by atoms with Gasteiger partial charge >= 0.3 is 0 Å². The van der Waals surface area contributed by atoms with Crippen molar-refractivity contribution in [2.75, 3.05) is 6.54 Å². The Hall–Kier alpha value is -1.32. The Bertz CT molecular complexity index is 479. The van der Waals surface area contributed by atoms with Crippen LogP contribution in [0, 0.1) is 0 Å². The fourth-order valence-corrected chi connectivity index (χ4v) is 1.85. The lowest BCUT2D eigenvalue weighted by Gasteiger charge is -2.09. The van der Waals surface area contributed by atoms with Crippen molar-refractivity contribution in [2.24, 2.45) is 0 Å². The first-order valence-electron chi connectivity index (χ1n) is 5.80. The standard InChI is InChI=1S/C13H16ClN3/c1-2-7-15-8-11-5-3-4-6-13(11)17-10-12(14)9-16-17/h3-6,9-10,15H,2,7-8H2,1H3. The molecule has 1 heterocycles. The van der Waals surface area contributed by atoms with E-state index in [0.717, 1.165) is 25.2 Å². The molecule has 1 aromatic carbocycles. The molecule has 0 aliphatic carbocycles. The minimum Gasteiger partial charge on any atom is -0.313 e. The Kier molecular flexibility index (Phi) is 4.18. The molecule has 0 aliphatic heterocycles. The Morgan fingerprint density at radius 1 is 1.35 bits per heavy atom. The number of para-hydroxylation sites is 1. The molecule has 0 atom stereocenters. The quantitative estimate of drug-likeness (QED) is 0.826. The van der Waals surface area contributed by atoms with Crippen LogP contribution in [0.3, 0.4) is 0 Å². The van der Waals surface area contributed by atoms with E-state index < -0.39 is 0 Å². The number of nitrogens with zero attached hydrogens (tertiary/aromatic N) is 2.